The van der Waals surface area contributed by atoms with E-state index in [2.05, 4.69) is 18.8 Å². The minimum Gasteiger partial charge on any atom is -0.378 e. The molecule has 0 spiro atoms. The summed E-state index contributed by atoms with van der Waals surface area (Å²) in [5.41, 5.74) is 1.67. The van der Waals surface area contributed by atoms with Crippen LogP contribution in [0.1, 0.15) is 49.7 Å². The molecule has 0 bridgehead atoms. The standard InChI is InChI=1S/C13H18N2O2.C2H6/c1-9(2)10-4-5-12(14-6-10)13(16)15-7-11(8-15)17-3;1-2/h4-6,9,11H,7-8H2,1-3H3;1-2H3. The smallest absolute Gasteiger partial charge is 0.272 e. The van der Waals surface area contributed by atoms with E-state index in [0.29, 0.717) is 24.7 Å². The number of hydrogen-bond donors (Lipinski definition) is 0. The Kier molecular flexibility index (Phi) is 5.96. The van der Waals surface area contributed by atoms with E-state index >= 15 is 0 Å². The Morgan fingerprint density at radius 3 is 2.42 bits per heavy atom. The fraction of sp³-hybridized carbons (Fsp3) is 0.600. The van der Waals surface area contributed by atoms with Crippen LogP contribution in [0.2, 0.25) is 0 Å². The van der Waals surface area contributed by atoms with Gasteiger partial charge in [0.1, 0.15) is 5.69 Å². The maximum Gasteiger partial charge on any atom is 0.272 e. The lowest BCUT2D eigenvalue weighted by Gasteiger charge is -2.37. The lowest BCUT2D eigenvalue weighted by molar-refractivity contribution is -0.0194. The van der Waals surface area contributed by atoms with Crippen LogP contribution in [-0.2, 0) is 4.74 Å². The molecule has 4 nitrogen and oxygen atoms in total. The number of likely N-dealkylation sites (tertiary alicyclic amines) is 1. The molecule has 1 fully saturated rings. The van der Waals surface area contributed by atoms with Crippen molar-refractivity contribution in [2.24, 2.45) is 0 Å². The van der Waals surface area contributed by atoms with Crippen LogP contribution >= 0.6 is 0 Å². The van der Waals surface area contributed by atoms with Crippen molar-refractivity contribution in [1.29, 1.82) is 0 Å². The fourth-order valence-electron chi connectivity index (χ4n) is 1.79. The molecule has 0 unspecified atom stereocenters. The zero-order valence-corrected chi connectivity index (χ0v) is 12.5. The fourth-order valence-corrected chi connectivity index (χ4v) is 1.79. The topological polar surface area (TPSA) is 42.4 Å². The number of pyridine rings is 1. The minimum atomic E-state index is -0.00592. The van der Waals surface area contributed by atoms with Gasteiger partial charge in [0.15, 0.2) is 0 Å². The van der Waals surface area contributed by atoms with Crippen molar-refractivity contribution in [3.63, 3.8) is 0 Å². The highest BCUT2D eigenvalue weighted by atomic mass is 16.5. The normalized spacial score (nSPS) is 14.7. The molecule has 2 rings (SSSR count). The van der Waals surface area contributed by atoms with E-state index in [0.717, 1.165) is 5.56 Å². The number of aromatic nitrogens is 1. The van der Waals surface area contributed by atoms with Crippen molar-refractivity contribution in [2.75, 3.05) is 20.2 Å². The largest absolute Gasteiger partial charge is 0.378 e. The molecular weight excluding hydrogens is 240 g/mol. The van der Waals surface area contributed by atoms with Crippen LogP contribution in [0.25, 0.3) is 0 Å². The first kappa shape index (κ1) is 15.6. The molecule has 0 saturated carbocycles. The second kappa shape index (κ2) is 7.24. The van der Waals surface area contributed by atoms with E-state index in [9.17, 15) is 4.79 Å². The van der Waals surface area contributed by atoms with Crippen molar-refractivity contribution in [2.45, 2.75) is 39.7 Å². The highest BCUT2D eigenvalue weighted by Crippen LogP contribution is 2.16. The van der Waals surface area contributed by atoms with E-state index in [-0.39, 0.29) is 12.0 Å². The summed E-state index contributed by atoms with van der Waals surface area (Å²) in [5, 5.41) is 0. The Bertz CT molecular complexity index is 395. The number of amides is 1. The third-order valence-corrected chi connectivity index (χ3v) is 3.14. The highest BCUT2D eigenvalue weighted by Gasteiger charge is 2.31. The number of hydrogen-bond acceptors (Lipinski definition) is 3. The summed E-state index contributed by atoms with van der Waals surface area (Å²) in [4.78, 5) is 18.0. The van der Waals surface area contributed by atoms with Gasteiger partial charge >= 0.3 is 0 Å². The van der Waals surface area contributed by atoms with Crippen molar-refractivity contribution < 1.29 is 9.53 Å². The maximum atomic E-state index is 12.0. The maximum absolute atomic E-state index is 12.0. The summed E-state index contributed by atoms with van der Waals surface area (Å²) in [6, 6.07) is 3.77. The van der Waals surface area contributed by atoms with Gasteiger partial charge in [0.2, 0.25) is 0 Å². The zero-order valence-electron chi connectivity index (χ0n) is 12.5. The molecule has 0 atom stereocenters. The van der Waals surface area contributed by atoms with Gasteiger partial charge in [0.05, 0.1) is 6.10 Å². The lowest BCUT2D eigenvalue weighted by atomic mass is 10.1. The summed E-state index contributed by atoms with van der Waals surface area (Å²) in [5.74, 6) is 0.433. The van der Waals surface area contributed by atoms with Gasteiger partial charge in [-0.25, -0.2) is 0 Å². The third kappa shape index (κ3) is 3.77. The molecule has 106 valence electrons. The number of carbonyl (C=O) groups is 1. The number of methoxy groups -OCH3 is 1. The zero-order chi connectivity index (χ0) is 14.4. The van der Waals surface area contributed by atoms with Crippen molar-refractivity contribution in [3.05, 3.63) is 29.6 Å². The molecule has 1 aromatic heterocycles. The van der Waals surface area contributed by atoms with Gasteiger partial charge in [0, 0.05) is 26.4 Å². The van der Waals surface area contributed by atoms with E-state index < -0.39 is 0 Å². The van der Waals surface area contributed by atoms with Crippen LogP contribution in [0.3, 0.4) is 0 Å². The first-order valence-corrected chi connectivity index (χ1v) is 6.90. The summed E-state index contributed by atoms with van der Waals surface area (Å²) in [7, 11) is 1.67. The third-order valence-electron chi connectivity index (χ3n) is 3.14. The molecule has 1 aliphatic heterocycles. The molecule has 0 aromatic carbocycles. The van der Waals surface area contributed by atoms with Gasteiger partial charge in [0.25, 0.3) is 5.91 Å². The molecule has 2 heterocycles. The average molecular weight is 264 g/mol. The molecular formula is C15H24N2O2. The van der Waals surface area contributed by atoms with E-state index in [1.807, 2.05) is 19.9 Å². The summed E-state index contributed by atoms with van der Waals surface area (Å²) in [6.45, 7) is 9.56. The number of nitrogens with zero attached hydrogens (tertiary/aromatic N) is 2. The van der Waals surface area contributed by atoms with Crippen LogP contribution in [-0.4, -0.2) is 42.1 Å². The van der Waals surface area contributed by atoms with Gasteiger partial charge in [-0.1, -0.05) is 33.8 Å². The number of rotatable bonds is 3. The predicted octanol–water partition coefficient (Wildman–Crippen LogP) is 2.70. The van der Waals surface area contributed by atoms with Crippen LogP contribution < -0.4 is 0 Å². The molecule has 4 heteroatoms. The molecule has 1 amide bonds. The van der Waals surface area contributed by atoms with Crippen molar-refractivity contribution in [3.8, 4) is 0 Å². The highest BCUT2D eigenvalue weighted by molar-refractivity contribution is 5.92. The first-order chi connectivity index (χ1) is 9.11. The van der Waals surface area contributed by atoms with Crippen molar-refractivity contribution in [1.82, 2.24) is 9.88 Å². The molecule has 1 aliphatic rings. The van der Waals surface area contributed by atoms with Crippen LogP contribution in [0.15, 0.2) is 18.3 Å². The summed E-state index contributed by atoms with van der Waals surface area (Å²) in [6.07, 6.45) is 1.97. The van der Waals surface area contributed by atoms with Crippen LogP contribution in [0, 0.1) is 0 Å². The van der Waals surface area contributed by atoms with E-state index in [4.69, 9.17) is 4.74 Å². The number of carbonyl (C=O) groups excluding carboxylic acids is 1. The quantitative estimate of drug-likeness (QED) is 0.843. The van der Waals surface area contributed by atoms with Gasteiger partial charge in [-0.2, -0.15) is 0 Å². The average Bonchev–Trinajstić information content (AvgIpc) is 2.40. The summed E-state index contributed by atoms with van der Waals surface area (Å²) >= 11 is 0. The Morgan fingerprint density at radius 1 is 1.37 bits per heavy atom. The van der Waals surface area contributed by atoms with Gasteiger partial charge < -0.3 is 9.64 Å². The molecule has 1 aromatic rings. The second-order valence-electron chi connectivity index (χ2n) is 4.70. The molecule has 0 N–H and O–H groups in total. The first-order valence-electron chi connectivity index (χ1n) is 6.90. The van der Waals surface area contributed by atoms with E-state index in [1.54, 1.807) is 24.3 Å². The lowest BCUT2D eigenvalue weighted by Crippen LogP contribution is -2.54. The SMILES string of the molecule is CC.COC1CN(C(=O)c2ccc(C(C)C)cn2)C1. The van der Waals surface area contributed by atoms with Gasteiger partial charge in [-0.15, -0.1) is 0 Å². The Labute approximate surface area is 115 Å². The van der Waals surface area contributed by atoms with Gasteiger partial charge in [-0.05, 0) is 17.5 Å². The van der Waals surface area contributed by atoms with Crippen LogP contribution in [0.4, 0.5) is 0 Å². The number of ether oxygens (including phenoxy) is 1. The Balaban J connectivity index is 0.000000861. The Hall–Kier alpha value is -1.42. The summed E-state index contributed by atoms with van der Waals surface area (Å²) < 4.78 is 5.14. The van der Waals surface area contributed by atoms with Crippen LogP contribution in [0.5, 0.6) is 0 Å². The Morgan fingerprint density at radius 2 is 2.00 bits per heavy atom. The van der Waals surface area contributed by atoms with Crippen molar-refractivity contribution >= 4 is 5.91 Å². The van der Waals surface area contributed by atoms with E-state index in [1.165, 1.54) is 0 Å². The van der Waals surface area contributed by atoms with Gasteiger partial charge in [-0.3, -0.25) is 9.78 Å². The second-order valence-corrected chi connectivity index (χ2v) is 4.70. The molecule has 0 radical (unpaired) electrons. The molecule has 0 aliphatic carbocycles. The molecule has 1 saturated heterocycles. The minimum absolute atomic E-state index is 0.00592. The predicted molar refractivity (Wildman–Crippen MR) is 76.4 cm³/mol. The monoisotopic (exact) mass is 264 g/mol. The molecule has 19 heavy (non-hydrogen) atoms.